The number of terminal acetylenes is 1. The maximum atomic E-state index is 13.6. The first-order chi connectivity index (χ1) is 13.9. The first-order valence-electron chi connectivity index (χ1n) is 9.60. The molecule has 1 aromatic heterocycles. The van der Waals surface area contributed by atoms with Crippen molar-refractivity contribution in [2.75, 3.05) is 0 Å². The molecule has 0 radical (unpaired) electrons. The van der Waals surface area contributed by atoms with Crippen LogP contribution < -0.4 is 5.56 Å². The molecule has 144 valence electrons. The number of rotatable bonds is 6. The zero-order valence-corrected chi connectivity index (χ0v) is 16.5. The first-order valence-corrected chi connectivity index (χ1v) is 9.60. The maximum absolute atomic E-state index is 13.6. The Morgan fingerprint density at radius 1 is 1.21 bits per heavy atom. The topological polar surface area (TPSA) is 97.5 Å². The zero-order valence-electron chi connectivity index (χ0n) is 16.5. The third-order valence-corrected chi connectivity index (χ3v) is 5.17. The third kappa shape index (κ3) is 4.13. The Kier molecular flexibility index (Phi) is 5.67. The van der Waals surface area contributed by atoms with E-state index >= 15 is 0 Å². The van der Waals surface area contributed by atoms with Crippen molar-refractivity contribution in [3.05, 3.63) is 67.6 Å². The summed E-state index contributed by atoms with van der Waals surface area (Å²) in [5, 5.41) is 18.5. The largest absolute Gasteiger partial charge is 0.325 e. The van der Waals surface area contributed by atoms with E-state index in [-0.39, 0.29) is 40.4 Å². The van der Waals surface area contributed by atoms with Crippen molar-refractivity contribution in [1.29, 1.82) is 10.5 Å². The molecule has 1 aliphatic rings. The summed E-state index contributed by atoms with van der Waals surface area (Å²) in [5.74, 6) is 2.52. The average Bonchev–Trinajstić information content (AvgIpc) is 3.52. The Morgan fingerprint density at radius 3 is 2.31 bits per heavy atom. The highest BCUT2D eigenvalue weighted by Gasteiger charge is 2.30. The molecule has 0 atom stereocenters. The van der Waals surface area contributed by atoms with E-state index < -0.39 is 0 Å². The van der Waals surface area contributed by atoms with Crippen LogP contribution in [0, 0.1) is 40.9 Å². The van der Waals surface area contributed by atoms with Crippen LogP contribution in [0.1, 0.15) is 76.5 Å². The molecule has 29 heavy (non-hydrogen) atoms. The van der Waals surface area contributed by atoms with Gasteiger partial charge in [0.25, 0.3) is 5.56 Å². The fourth-order valence-corrected chi connectivity index (χ4v) is 3.64. The number of carbonyl (C=O) groups excluding carboxylic acids is 1. The Labute approximate surface area is 170 Å². The quantitative estimate of drug-likeness (QED) is 0.609. The van der Waals surface area contributed by atoms with Gasteiger partial charge in [0.05, 0.1) is 23.3 Å². The molecule has 0 amide bonds. The van der Waals surface area contributed by atoms with Crippen molar-refractivity contribution >= 4 is 5.78 Å². The summed E-state index contributed by atoms with van der Waals surface area (Å²) in [6.45, 7) is 3.74. The van der Waals surface area contributed by atoms with Gasteiger partial charge in [0, 0.05) is 28.8 Å². The number of aromatic nitrogens is 1. The minimum absolute atomic E-state index is 0.176. The van der Waals surface area contributed by atoms with Gasteiger partial charge in [-0.05, 0) is 54.9 Å². The van der Waals surface area contributed by atoms with Crippen LogP contribution in [-0.2, 0) is 12.8 Å². The number of hydrogen-bond donors (Lipinski definition) is 1. The number of pyridine rings is 1. The minimum atomic E-state index is -0.345. The molecule has 0 spiro atoms. The predicted octanol–water partition coefficient (Wildman–Crippen LogP) is 3.60. The van der Waals surface area contributed by atoms with Crippen molar-refractivity contribution in [3.8, 4) is 24.5 Å². The van der Waals surface area contributed by atoms with Gasteiger partial charge in [0.1, 0.15) is 0 Å². The Hall–Kier alpha value is -3.62. The average molecular weight is 383 g/mol. The molecule has 1 aliphatic carbocycles. The lowest BCUT2D eigenvalue weighted by atomic mass is 9.85. The van der Waals surface area contributed by atoms with Gasteiger partial charge < -0.3 is 4.98 Å². The first kappa shape index (κ1) is 20.1. The van der Waals surface area contributed by atoms with Gasteiger partial charge >= 0.3 is 0 Å². The van der Waals surface area contributed by atoms with Gasteiger partial charge in [-0.25, -0.2) is 0 Å². The highest BCUT2D eigenvalue weighted by molar-refractivity contribution is 6.11. The number of aromatic amines is 1. The Morgan fingerprint density at radius 2 is 1.83 bits per heavy atom. The molecular weight excluding hydrogens is 362 g/mol. The molecule has 0 aliphatic heterocycles. The Bertz CT molecular complexity index is 1130. The number of hydrogen-bond acceptors (Lipinski definition) is 4. The monoisotopic (exact) mass is 383 g/mol. The fourth-order valence-electron chi connectivity index (χ4n) is 3.64. The van der Waals surface area contributed by atoms with E-state index in [0.717, 1.165) is 18.4 Å². The van der Waals surface area contributed by atoms with Crippen LogP contribution >= 0.6 is 0 Å². The Balaban J connectivity index is 2.30. The van der Waals surface area contributed by atoms with Crippen molar-refractivity contribution < 1.29 is 4.79 Å². The van der Waals surface area contributed by atoms with Crippen molar-refractivity contribution in [3.63, 3.8) is 0 Å². The molecular formula is C24H21N3O2. The van der Waals surface area contributed by atoms with Crippen LogP contribution in [-0.4, -0.2) is 10.8 Å². The lowest BCUT2D eigenvalue weighted by Gasteiger charge is -2.19. The van der Waals surface area contributed by atoms with Crippen LogP contribution in [0.25, 0.3) is 0 Å². The summed E-state index contributed by atoms with van der Waals surface area (Å²) in [4.78, 5) is 29.3. The standard InChI is InChI=1S/C24H21N3O2/c1-4-5-20-19(11-15-6-7-15)22(21(14(2)3)24(29)27-20)23(28)18-9-16(12-25)8-17(10-18)13-26/h1,8-10,14-15H,5-7,11H2,2-3H3,(H,27,29). The summed E-state index contributed by atoms with van der Waals surface area (Å²) in [5.41, 5.74) is 2.58. The lowest BCUT2D eigenvalue weighted by Crippen LogP contribution is -2.25. The smallest absolute Gasteiger partial charge is 0.252 e. The molecule has 3 rings (SSSR count). The SMILES string of the molecule is C#CCc1[nH]c(=O)c(C(C)C)c(C(=O)c2cc(C#N)cc(C#N)c2)c1CC1CC1. The number of ketones is 1. The molecule has 1 N–H and O–H groups in total. The van der Waals surface area contributed by atoms with E-state index in [9.17, 15) is 20.1 Å². The molecule has 1 aromatic carbocycles. The third-order valence-electron chi connectivity index (χ3n) is 5.17. The highest BCUT2D eigenvalue weighted by Crippen LogP contribution is 2.36. The molecule has 5 heteroatoms. The molecule has 1 fully saturated rings. The van der Waals surface area contributed by atoms with Gasteiger partial charge in [-0.2, -0.15) is 10.5 Å². The second kappa shape index (κ2) is 8.17. The molecule has 1 heterocycles. The summed E-state index contributed by atoms with van der Waals surface area (Å²) < 4.78 is 0. The number of nitrogens with one attached hydrogen (secondary N) is 1. The maximum Gasteiger partial charge on any atom is 0.252 e. The fraction of sp³-hybridized carbons (Fsp3) is 0.333. The zero-order chi connectivity index (χ0) is 21.1. The van der Waals surface area contributed by atoms with Crippen molar-refractivity contribution in [1.82, 2.24) is 4.98 Å². The van der Waals surface area contributed by atoms with Gasteiger partial charge in [-0.1, -0.05) is 13.8 Å². The van der Waals surface area contributed by atoms with Crippen molar-refractivity contribution in [2.24, 2.45) is 5.92 Å². The molecule has 0 bridgehead atoms. The number of nitrogens with zero attached hydrogens (tertiary/aromatic N) is 2. The number of nitriles is 2. The molecule has 0 saturated heterocycles. The predicted molar refractivity (Wildman–Crippen MR) is 109 cm³/mol. The van der Waals surface area contributed by atoms with Crippen LogP contribution in [0.3, 0.4) is 0 Å². The highest BCUT2D eigenvalue weighted by atomic mass is 16.1. The molecule has 0 unspecified atom stereocenters. The van der Waals surface area contributed by atoms with Gasteiger partial charge in [0.15, 0.2) is 5.78 Å². The number of H-pyrrole nitrogens is 1. The summed E-state index contributed by atoms with van der Waals surface area (Å²) in [7, 11) is 0. The van der Waals surface area contributed by atoms with E-state index in [2.05, 4.69) is 10.9 Å². The summed E-state index contributed by atoms with van der Waals surface area (Å²) in [6.07, 6.45) is 8.59. The number of carbonyl (C=O) groups is 1. The van der Waals surface area contributed by atoms with E-state index in [1.807, 2.05) is 26.0 Å². The van der Waals surface area contributed by atoms with E-state index in [4.69, 9.17) is 6.42 Å². The second-order valence-electron chi connectivity index (χ2n) is 7.73. The van der Waals surface area contributed by atoms with Crippen LogP contribution in [0.5, 0.6) is 0 Å². The van der Waals surface area contributed by atoms with Crippen molar-refractivity contribution in [2.45, 2.75) is 45.4 Å². The van der Waals surface area contributed by atoms with Crippen LogP contribution in [0.15, 0.2) is 23.0 Å². The molecule has 2 aromatic rings. The molecule has 5 nitrogen and oxygen atoms in total. The molecule has 1 saturated carbocycles. The number of benzene rings is 1. The van der Waals surface area contributed by atoms with E-state index in [0.29, 0.717) is 29.2 Å². The van der Waals surface area contributed by atoms with E-state index in [1.54, 1.807) is 0 Å². The van der Waals surface area contributed by atoms with Gasteiger partial charge in [-0.3, -0.25) is 9.59 Å². The lowest BCUT2D eigenvalue weighted by molar-refractivity contribution is 0.103. The summed E-state index contributed by atoms with van der Waals surface area (Å²) in [6, 6.07) is 8.35. The minimum Gasteiger partial charge on any atom is -0.325 e. The van der Waals surface area contributed by atoms with Gasteiger partial charge in [0.2, 0.25) is 0 Å². The van der Waals surface area contributed by atoms with Crippen LogP contribution in [0.4, 0.5) is 0 Å². The second-order valence-corrected chi connectivity index (χ2v) is 7.73. The van der Waals surface area contributed by atoms with E-state index in [1.165, 1.54) is 18.2 Å². The van der Waals surface area contributed by atoms with Crippen LogP contribution in [0.2, 0.25) is 0 Å². The summed E-state index contributed by atoms with van der Waals surface area (Å²) >= 11 is 0. The van der Waals surface area contributed by atoms with Gasteiger partial charge in [-0.15, -0.1) is 12.3 Å². The normalized spacial score (nSPS) is 12.8.